The zero-order valence-corrected chi connectivity index (χ0v) is 21.3. The van der Waals surface area contributed by atoms with E-state index in [9.17, 15) is 0 Å². The Hall–Kier alpha value is -3.05. The van der Waals surface area contributed by atoms with Gasteiger partial charge in [-0.25, -0.2) is 0 Å². The Bertz CT molecular complexity index is 1250. The van der Waals surface area contributed by atoms with Crippen LogP contribution in [0.15, 0.2) is 76.2 Å². The largest absolute Gasteiger partial charge is 0.493 e. The topological polar surface area (TPSA) is 42.8 Å². The van der Waals surface area contributed by atoms with Crippen LogP contribution in [0.1, 0.15) is 47.6 Å². The molecule has 5 heteroatoms. The van der Waals surface area contributed by atoms with E-state index in [0.29, 0.717) is 36.0 Å². The lowest BCUT2D eigenvalue weighted by Gasteiger charge is -2.37. The monoisotopic (exact) mass is 516 g/mol. The number of rotatable bonds is 6. The highest BCUT2D eigenvalue weighted by molar-refractivity contribution is 9.10. The Kier molecular flexibility index (Phi) is 6.46. The van der Waals surface area contributed by atoms with Gasteiger partial charge in [0.15, 0.2) is 11.5 Å². The van der Waals surface area contributed by atoms with Crippen LogP contribution in [-0.4, -0.2) is 19.9 Å². The van der Waals surface area contributed by atoms with Gasteiger partial charge in [0, 0.05) is 17.8 Å². The second kappa shape index (κ2) is 9.67. The number of nitrogens with one attached hydrogen (secondary N) is 1. The van der Waals surface area contributed by atoms with Crippen LogP contribution < -0.4 is 14.8 Å². The SMILES string of the molecule is CCOc1c(Br)cc(C=Nc2ccc([C@@H]3Nc4ccc(C)cc4[C@H]4C=CC[C@@H]43)cc2)cc1OC. The summed E-state index contributed by atoms with van der Waals surface area (Å²) in [5.74, 6) is 2.42. The summed E-state index contributed by atoms with van der Waals surface area (Å²) in [6.45, 7) is 4.70. The maximum atomic E-state index is 5.68. The lowest BCUT2D eigenvalue weighted by molar-refractivity contribution is 0.309. The maximum Gasteiger partial charge on any atom is 0.175 e. The molecule has 0 amide bonds. The fraction of sp³-hybridized carbons (Fsp3) is 0.276. The van der Waals surface area contributed by atoms with E-state index in [4.69, 9.17) is 14.5 Å². The van der Waals surface area contributed by atoms with Gasteiger partial charge in [0.1, 0.15) is 0 Å². The predicted octanol–water partition coefficient (Wildman–Crippen LogP) is 7.74. The average molecular weight is 517 g/mol. The van der Waals surface area contributed by atoms with Crippen molar-refractivity contribution in [2.45, 2.75) is 32.2 Å². The van der Waals surface area contributed by atoms with Crippen LogP contribution in [0, 0.1) is 12.8 Å². The number of ether oxygens (including phenoxy) is 2. The van der Waals surface area contributed by atoms with Crippen LogP contribution in [0.2, 0.25) is 0 Å². The third kappa shape index (κ3) is 4.37. The molecule has 5 rings (SSSR count). The summed E-state index contributed by atoms with van der Waals surface area (Å²) in [6.07, 6.45) is 7.68. The summed E-state index contributed by atoms with van der Waals surface area (Å²) in [6, 6.07) is 19.6. The number of aryl methyl sites for hydroxylation is 1. The number of hydrogen-bond acceptors (Lipinski definition) is 4. The number of aliphatic imine (C=N–C) groups is 1. The molecule has 4 nitrogen and oxygen atoms in total. The van der Waals surface area contributed by atoms with Gasteiger partial charge in [0.25, 0.3) is 0 Å². The van der Waals surface area contributed by atoms with Crippen molar-refractivity contribution in [3.63, 3.8) is 0 Å². The van der Waals surface area contributed by atoms with Crippen molar-refractivity contribution in [1.29, 1.82) is 0 Å². The molecule has 0 fully saturated rings. The second-order valence-electron chi connectivity index (χ2n) is 8.88. The minimum Gasteiger partial charge on any atom is -0.493 e. The number of nitrogens with zero attached hydrogens (tertiary/aromatic N) is 1. The van der Waals surface area contributed by atoms with Crippen molar-refractivity contribution in [2.24, 2.45) is 10.9 Å². The number of fused-ring (bicyclic) bond motifs is 3. The van der Waals surface area contributed by atoms with Gasteiger partial charge in [-0.1, -0.05) is 42.0 Å². The van der Waals surface area contributed by atoms with Crippen LogP contribution in [-0.2, 0) is 0 Å². The van der Waals surface area contributed by atoms with E-state index in [0.717, 1.165) is 22.1 Å². The number of methoxy groups -OCH3 is 1. The lowest BCUT2D eigenvalue weighted by atomic mass is 9.76. The quantitative estimate of drug-likeness (QED) is 0.269. The molecule has 174 valence electrons. The molecule has 1 heterocycles. The van der Waals surface area contributed by atoms with Crippen molar-refractivity contribution in [3.8, 4) is 11.5 Å². The highest BCUT2D eigenvalue weighted by Crippen LogP contribution is 2.50. The normalized spacial score (nSPS) is 20.6. The second-order valence-corrected chi connectivity index (χ2v) is 9.74. The van der Waals surface area contributed by atoms with Crippen LogP contribution in [0.3, 0.4) is 0 Å². The molecule has 3 aromatic rings. The van der Waals surface area contributed by atoms with Crippen molar-refractivity contribution in [1.82, 2.24) is 0 Å². The van der Waals surface area contributed by atoms with Crippen LogP contribution in [0.4, 0.5) is 11.4 Å². The van der Waals surface area contributed by atoms with Gasteiger partial charge < -0.3 is 14.8 Å². The fourth-order valence-electron chi connectivity index (χ4n) is 5.06. The minimum absolute atomic E-state index is 0.291. The van der Waals surface area contributed by atoms with E-state index in [1.807, 2.05) is 25.3 Å². The van der Waals surface area contributed by atoms with Gasteiger partial charge in [-0.05, 0) is 89.1 Å². The van der Waals surface area contributed by atoms with E-state index in [1.165, 1.54) is 22.4 Å². The first-order chi connectivity index (χ1) is 16.6. The summed E-state index contributed by atoms with van der Waals surface area (Å²) < 4.78 is 12.0. The van der Waals surface area contributed by atoms with Crippen molar-refractivity contribution in [3.05, 3.63) is 93.5 Å². The van der Waals surface area contributed by atoms with Crippen LogP contribution in [0.25, 0.3) is 0 Å². The summed E-state index contributed by atoms with van der Waals surface area (Å²) in [7, 11) is 1.65. The molecule has 0 saturated heterocycles. The molecule has 0 bridgehead atoms. The number of anilines is 1. The molecule has 3 aromatic carbocycles. The van der Waals surface area contributed by atoms with Crippen LogP contribution >= 0.6 is 15.9 Å². The lowest BCUT2D eigenvalue weighted by Crippen LogP contribution is -2.29. The smallest absolute Gasteiger partial charge is 0.175 e. The first-order valence-electron chi connectivity index (χ1n) is 11.8. The summed E-state index contributed by atoms with van der Waals surface area (Å²) in [4.78, 5) is 4.69. The molecule has 0 unspecified atom stereocenters. The highest BCUT2D eigenvalue weighted by Gasteiger charge is 2.37. The van der Waals surface area contributed by atoms with Gasteiger partial charge in [-0.15, -0.1) is 0 Å². The van der Waals surface area contributed by atoms with Crippen LogP contribution in [0.5, 0.6) is 11.5 Å². The molecule has 34 heavy (non-hydrogen) atoms. The van der Waals surface area contributed by atoms with E-state index in [-0.39, 0.29) is 0 Å². The number of benzene rings is 3. The predicted molar refractivity (Wildman–Crippen MR) is 143 cm³/mol. The zero-order chi connectivity index (χ0) is 23.7. The standard InChI is InChI=1S/C29H29BrN2O2/c1-4-34-29-25(30)15-19(16-27(29)33-3)17-31-21-11-9-20(10-12-21)28-23-7-5-6-22(23)24-14-18(2)8-13-26(24)32-28/h5-6,8-17,22-23,28,32H,4,7H2,1-3H3/t22-,23-,28-/m0/s1. The van der Waals surface area contributed by atoms with Gasteiger partial charge in [0.05, 0.1) is 29.9 Å². The molecule has 1 aliphatic heterocycles. The first-order valence-corrected chi connectivity index (χ1v) is 12.5. The molecule has 2 aliphatic rings. The molecule has 0 saturated carbocycles. The Morgan fingerprint density at radius 3 is 2.71 bits per heavy atom. The van der Waals surface area contributed by atoms with Gasteiger partial charge in [-0.2, -0.15) is 0 Å². The summed E-state index contributed by atoms with van der Waals surface area (Å²) in [5, 5.41) is 3.81. The van der Waals surface area contributed by atoms with E-state index in [2.05, 4.69) is 82.8 Å². The van der Waals surface area contributed by atoms with Gasteiger partial charge in [-0.3, -0.25) is 4.99 Å². The highest BCUT2D eigenvalue weighted by atomic mass is 79.9. The molecule has 0 spiro atoms. The third-order valence-corrected chi connectivity index (χ3v) is 7.26. The van der Waals surface area contributed by atoms with Crippen molar-refractivity contribution in [2.75, 3.05) is 19.0 Å². The summed E-state index contributed by atoms with van der Waals surface area (Å²) >= 11 is 3.58. The molecule has 1 aliphatic carbocycles. The fourth-order valence-corrected chi connectivity index (χ4v) is 5.63. The minimum atomic E-state index is 0.291. The van der Waals surface area contributed by atoms with E-state index in [1.54, 1.807) is 7.11 Å². The third-order valence-electron chi connectivity index (χ3n) is 6.67. The zero-order valence-electron chi connectivity index (χ0n) is 19.7. The average Bonchev–Trinajstić information content (AvgIpc) is 3.34. The number of halogens is 1. The maximum absolute atomic E-state index is 5.68. The van der Waals surface area contributed by atoms with Gasteiger partial charge in [0.2, 0.25) is 0 Å². The van der Waals surface area contributed by atoms with E-state index >= 15 is 0 Å². The van der Waals surface area contributed by atoms with Gasteiger partial charge >= 0.3 is 0 Å². The van der Waals surface area contributed by atoms with E-state index < -0.39 is 0 Å². The molecule has 3 atom stereocenters. The Labute approximate surface area is 209 Å². The Morgan fingerprint density at radius 2 is 1.94 bits per heavy atom. The molecule has 1 N–H and O–H groups in total. The molecule has 0 aromatic heterocycles. The Morgan fingerprint density at radius 1 is 1.12 bits per heavy atom. The molecule has 0 radical (unpaired) electrons. The molecular formula is C29H29BrN2O2. The first kappa shape index (κ1) is 22.7. The van der Waals surface area contributed by atoms with Crippen molar-refractivity contribution < 1.29 is 9.47 Å². The van der Waals surface area contributed by atoms with Crippen molar-refractivity contribution >= 4 is 33.5 Å². The summed E-state index contributed by atoms with van der Waals surface area (Å²) in [5.41, 5.74) is 7.15. The molecular weight excluding hydrogens is 488 g/mol. The number of allylic oxidation sites excluding steroid dienone is 2. The number of hydrogen-bond donors (Lipinski definition) is 1. The Balaban J connectivity index is 1.36.